The maximum Gasteiger partial charge on any atom is 0.351 e. The third kappa shape index (κ3) is 6.89. The molecular formula is C17H25N2O10P. The van der Waals surface area contributed by atoms with Crippen molar-refractivity contribution in [1.29, 1.82) is 0 Å². The number of aliphatic hydroxyl groups excluding tert-OH is 2. The summed E-state index contributed by atoms with van der Waals surface area (Å²) in [4.78, 5) is 43.5. The number of aromatic nitrogens is 1. The maximum absolute atomic E-state index is 12.2. The minimum Gasteiger partial charge on any atom is -0.756 e. The van der Waals surface area contributed by atoms with E-state index in [1.807, 2.05) is 6.92 Å². The number of phosphoric ester groups is 1. The topological polar surface area (TPSA) is 193 Å². The van der Waals surface area contributed by atoms with Crippen LogP contribution in [0.2, 0.25) is 0 Å². The van der Waals surface area contributed by atoms with E-state index in [0.717, 1.165) is 0 Å². The van der Waals surface area contributed by atoms with Crippen molar-refractivity contribution in [2.45, 2.75) is 44.3 Å². The van der Waals surface area contributed by atoms with Crippen LogP contribution in [0, 0.1) is 5.92 Å². The van der Waals surface area contributed by atoms with E-state index in [0.29, 0.717) is 13.0 Å². The number of carbonyl (C=O) groups excluding carboxylic acids is 2. The highest BCUT2D eigenvalue weighted by Crippen LogP contribution is 2.33. The molecule has 2 heterocycles. The molecule has 1 aromatic rings. The van der Waals surface area contributed by atoms with Crippen molar-refractivity contribution in [3.05, 3.63) is 30.1 Å². The summed E-state index contributed by atoms with van der Waals surface area (Å²) in [6, 6.07) is 2.82. The predicted octanol–water partition coefficient (Wildman–Crippen LogP) is -1.87. The summed E-state index contributed by atoms with van der Waals surface area (Å²) in [5.41, 5.74) is 5.41. The highest BCUT2D eigenvalue weighted by Gasteiger charge is 2.48. The molecule has 0 saturated carbocycles. The van der Waals surface area contributed by atoms with E-state index in [-0.39, 0.29) is 17.9 Å². The van der Waals surface area contributed by atoms with Crippen LogP contribution in [-0.4, -0.2) is 58.5 Å². The van der Waals surface area contributed by atoms with Gasteiger partial charge in [-0.05, 0) is 24.9 Å². The van der Waals surface area contributed by atoms with Gasteiger partial charge in [0.15, 0.2) is 18.5 Å². The Kier molecular flexibility index (Phi) is 8.59. The van der Waals surface area contributed by atoms with Gasteiger partial charge in [0.25, 0.3) is 14.1 Å². The smallest absolute Gasteiger partial charge is 0.351 e. The Labute approximate surface area is 172 Å². The van der Waals surface area contributed by atoms with E-state index in [1.54, 1.807) is 0 Å². The molecule has 0 amide bonds. The van der Waals surface area contributed by atoms with Gasteiger partial charge in [0.2, 0.25) is 0 Å². The molecule has 1 aliphatic heterocycles. The standard InChI is InChI=1S/C17H25N2O10P/c1-10(4-5-18)7-13(20)29-17(23)11-3-2-6-19(8-11)16-15(22)14(21)12(28-16)9-27-30(24,25)26/h2-3,6,8,10,12,14-16,21-22H,4-5,7,9,18H2,1H3,(H-,24,25,26)/t10-,12+,14+,15+,16+/m0/s1. The van der Waals surface area contributed by atoms with Crippen molar-refractivity contribution in [2.75, 3.05) is 13.2 Å². The normalized spacial score (nSPS) is 26.7. The summed E-state index contributed by atoms with van der Waals surface area (Å²) >= 11 is 0. The number of aliphatic hydroxyl groups is 2. The SMILES string of the molecule is C[C@@H](CCN)CC(=O)OC(=O)c1ccc[n+]([C@@H]2O[C@H](COP(=O)([O-])O)[C@@H](O)[C@H]2O)c1. The first-order valence-electron chi connectivity index (χ1n) is 9.17. The Morgan fingerprint density at radius 1 is 1.40 bits per heavy atom. The Morgan fingerprint density at radius 2 is 2.10 bits per heavy atom. The van der Waals surface area contributed by atoms with Crippen LogP contribution in [0.5, 0.6) is 0 Å². The number of phosphoric acid groups is 1. The van der Waals surface area contributed by atoms with Gasteiger partial charge in [-0.1, -0.05) is 6.92 Å². The molecule has 1 saturated heterocycles. The molecule has 0 radical (unpaired) electrons. The molecule has 2 rings (SSSR count). The highest BCUT2D eigenvalue weighted by molar-refractivity contribution is 7.44. The van der Waals surface area contributed by atoms with Gasteiger partial charge in [0.05, 0.1) is 6.61 Å². The lowest BCUT2D eigenvalue weighted by Crippen LogP contribution is -2.46. The van der Waals surface area contributed by atoms with Crippen LogP contribution in [-0.2, 0) is 23.4 Å². The monoisotopic (exact) mass is 448 g/mol. The van der Waals surface area contributed by atoms with Crippen molar-refractivity contribution in [2.24, 2.45) is 11.7 Å². The molecule has 5 N–H and O–H groups in total. The summed E-state index contributed by atoms with van der Waals surface area (Å²) in [5.74, 6) is -1.65. The number of pyridine rings is 1. The number of carbonyl (C=O) groups is 2. The second-order valence-corrected chi connectivity index (χ2v) is 8.19. The fraction of sp³-hybridized carbons (Fsp3) is 0.588. The van der Waals surface area contributed by atoms with Crippen molar-refractivity contribution < 1.29 is 52.7 Å². The van der Waals surface area contributed by atoms with E-state index in [4.69, 9.17) is 20.1 Å². The van der Waals surface area contributed by atoms with Crippen LogP contribution >= 0.6 is 7.82 Å². The fourth-order valence-corrected chi connectivity index (χ4v) is 3.26. The van der Waals surface area contributed by atoms with Gasteiger partial charge in [-0.2, -0.15) is 4.57 Å². The molecule has 30 heavy (non-hydrogen) atoms. The molecule has 0 spiro atoms. The predicted molar refractivity (Wildman–Crippen MR) is 96.2 cm³/mol. The summed E-state index contributed by atoms with van der Waals surface area (Å²) in [6.45, 7) is 1.50. The second-order valence-electron chi connectivity index (χ2n) is 7.00. The Bertz CT molecular complexity index is 800. The second kappa shape index (κ2) is 10.5. The highest BCUT2D eigenvalue weighted by atomic mass is 31.2. The molecule has 1 unspecified atom stereocenters. The molecule has 1 fully saturated rings. The largest absolute Gasteiger partial charge is 0.756 e. The summed E-state index contributed by atoms with van der Waals surface area (Å²) in [6.07, 6.45) is -2.14. The van der Waals surface area contributed by atoms with Gasteiger partial charge in [0, 0.05) is 12.5 Å². The average molecular weight is 448 g/mol. The average Bonchev–Trinajstić information content (AvgIpc) is 2.94. The summed E-state index contributed by atoms with van der Waals surface area (Å²) < 4.78 is 26.4. The van der Waals surface area contributed by atoms with Gasteiger partial charge in [-0.3, -0.25) is 9.36 Å². The van der Waals surface area contributed by atoms with Crippen LogP contribution in [0.3, 0.4) is 0 Å². The molecule has 1 aromatic heterocycles. The van der Waals surface area contributed by atoms with Gasteiger partial charge in [-0.15, -0.1) is 0 Å². The molecule has 0 bridgehead atoms. The van der Waals surface area contributed by atoms with Crippen LogP contribution in [0.15, 0.2) is 24.5 Å². The number of esters is 2. The van der Waals surface area contributed by atoms with E-state index < -0.39 is 50.9 Å². The lowest BCUT2D eigenvalue weighted by atomic mass is 10.0. The number of nitrogens with two attached hydrogens (primary N) is 1. The van der Waals surface area contributed by atoms with Crippen LogP contribution in [0.25, 0.3) is 0 Å². The van der Waals surface area contributed by atoms with Gasteiger partial charge >= 0.3 is 11.9 Å². The first kappa shape index (κ1) is 24.5. The Balaban J connectivity index is 2.04. The number of hydrogen-bond acceptors (Lipinski definition) is 10. The van der Waals surface area contributed by atoms with E-state index in [2.05, 4.69) is 4.52 Å². The minimum atomic E-state index is -5.04. The van der Waals surface area contributed by atoms with Crippen molar-refractivity contribution in [3.8, 4) is 0 Å². The van der Waals surface area contributed by atoms with Gasteiger partial charge < -0.3 is 39.7 Å². The number of ether oxygens (including phenoxy) is 2. The van der Waals surface area contributed by atoms with E-state index in [9.17, 15) is 29.3 Å². The summed E-state index contributed by atoms with van der Waals surface area (Å²) in [5, 5.41) is 20.2. The van der Waals surface area contributed by atoms with Crippen molar-refractivity contribution >= 4 is 19.8 Å². The third-order valence-electron chi connectivity index (χ3n) is 4.47. The van der Waals surface area contributed by atoms with Gasteiger partial charge in [-0.25, -0.2) is 4.79 Å². The van der Waals surface area contributed by atoms with E-state index >= 15 is 0 Å². The quantitative estimate of drug-likeness (QED) is 0.143. The third-order valence-corrected chi connectivity index (χ3v) is 4.95. The molecule has 168 valence electrons. The molecule has 12 nitrogen and oxygen atoms in total. The zero-order valence-electron chi connectivity index (χ0n) is 16.2. The Hall–Kier alpha value is -1.76. The Morgan fingerprint density at radius 3 is 2.73 bits per heavy atom. The molecule has 0 aliphatic carbocycles. The van der Waals surface area contributed by atoms with Crippen LogP contribution in [0.1, 0.15) is 36.4 Å². The molecule has 13 heteroatoms. The lowest BCUT2D eigenvalue weighted by Gasteiger charge is -2.19. The molecule has 0 aromatic carbocycles. The van der Waals surface area contributed by atoms with Crippen molar-refractivity contribution in [3.63, 3.8) is 0 Å². The van der Waals surface area contributed by atoms with Gasteiger partial charge in [0.1, 0.15) is 17.8 Å². The minimum absolute atomic E-state index is 0.0123. The lowest BCUT2D eigenvalue weighted by molar-refractivity contribution is -0.765. The van der Waals surface area contributed by atoms with Crippen LogP contribution in [0.4, 0.5) is 0 Å². The molecular weight excluding hydrogens is 423 g/mol. The zero-order chi connectivity index (χ0) is 22.5. The number of hydrogen-bond donors (Lipinski definition) is 4. The maximum atomic E-state index is 12.2. The first-order valence-corrected chi connectivity index (χ1v) is 10.7. The number of rotatable bonds is 9. The summed E-state index contributed by atoms with van der Waals surface area (Å²) in [7, 11) is -5.04. The molecule has 6 atom stereocenters. The van der Waals surface area contributed by atoms with E-state index in [1.165, 1.54) is 29.1 Å². The first-order chi connectivity index (χ1) is 14.0. The van der Waals surface area contributed by atoms with Crippen molar-refractivity contribution in [1.82, 2.24) is 0 Å². The molecule has 1 aliphatic rings. The van der Waals surface area contributed by atoms with Crippen LogP contribution < -0.4 is 15.2 Å². The fourth-order valence-electron chi connectivity index (χ4n) is 2.93. The number of nitrogens with zero attached hydrogens (tertiary/aromatic N) is 1. The zero-order valence-corrected chi connectivity index (χ0v) is 17.1.